The molecule has 0 aliphatic carbocycles. The smallest absolute Gasteiger partial charge is 0.145 e. The molecule has 0 aliphatic rings. The summed E-state index contributed by atoms with van der Waals surface area (Å²) in [7, 11) is 3.85. The Morgan fingerprint density at radius 1 is 1.33 bits per heavy atom. The van der Waals surface area contributed by atoms with Crippen LogP contribution in [0, 0.1) is 19.8 Å². The molecule has 1 aromatic rings. The largest absolute Gasteiger partial charge is 0.494 e. The van der Waals surface area contributed by atoms with Crippen molar-refractivity contribution in [2.24, 2.45) is 11.7 Å². The first-order chi connectivity index (χ1) is 8.49. The van der Waals surface area contributed by atoms with Crippen molar-refractivity contribution in [1.29, 1.82) is 0 Å². The van der Waals surface area contributed by atoms with Crippen LogP contribution in [-0.4, -0.2) is 27.2 Å². The number of benzene rings is 1. The van der Waals surface area contributed by atoms with Crippen LogP contribution < -0.4 is 15.4 Å². The molecular formula is C15H26N2O. The lowest BCUT2D eigenvalue weighted by Crippen LogP contribution is -2.26. The number of methoxy groups -OCH3 is 1. The summed E-state index contributed by atoms with van der Waals surface area (Å²) in [5, 5.41) is 0. The van der Waals surface area contributed by atoms with Crippen LogP contribution in [0.5, 0.6) is 5.75 Å². The van der Waals surface area contributed by atoms with Crippen molar-refractivity contribution >= 4 is 5.69 Å². The Hall–Kier alpha value is -1.22. The van der Waals surface area contributed by atoms with Crippen LogP contribution in [0.2, 0.25) is 0 Å². The Morgan fingerprint density at radius 2 is 2.00 bits per heavy atom. The number of aryl methyl sites for hydroxylation is 2. The minimum Gasteiger partial charge on any atom is -0.494 e. The van der Waals surface area contributed by atoms with Crippen LogP contribution in [0.25, 0.3) is 0 Å². The van der Waals surface area contributed by atoms with Crippen LogP contribution in [0.1, 0.15) is 24.5 Å². The standard InChI is InChI=1S/C15H26N2O/c1-11(6-7-16)10-17(4)14-9-12(2)8-13(3)15(14)18-5/h8-9,11H,6-7,10,16H2,1-5H3. The van der Waals surface area contributed by atoms with Gasteiger partial charge >= 0.3 is 0 Å². The zero-order chi connectivity index (χ0) is 13.7. The highest BCUT2D eigenvalue weighted by Crippen LogP contribution is 2.32. The Kier molecular flexibility index (Phi) is 5.48. The maximum absolute atomic E-state index is 5.60. The highest BCUT2D eigenvalue weighted by molar-refractivity contribution is 5.63. The molecule has 18 heavy (non-hydrogen) atoms. The van der Waals surface area contributed by atoms with Crippen molar-refractivity contribution in [3.8, 4) is 5.75 Å². The van der Waals surface area contributed by atoms with Gasteiger partial charge in [0.2, 0.25) is 0 Å². The molecule has 1 aromatic carbocycles. The molecule has 2 N–H and O–H groups in total. The first-order valence-corrected chi connectivity index (χ1v) is 6.56. The predicted molar refractivity (Wildman–Crippen MR) is 78.6 cm³/mol. The summed E-state index contributed by atoms with van der Waals surface area (Å²) < 4.78 is 5.53. The SMILES string of the molecule is COc1c(C)cc(C)cc1N(C)CC(C)CCN. The minimum atomic E-state index is 0.588. The van der Waals surface area contributed by atoms with E-state index in [0.717, 1.165) is 25.3 Å². The summed E-state index contributed by atoms with van der Waals surface area (Å²) in [6.45, 7) is 8.19. The maximum Gasteiger partial charge on any atom is 0.145 e. The molecule has 0 spiro atoms. The maximum atomic E-state index is 5.60. The van der Waals surface area contributed by atoms with E-state index in [2.05, 4.69) is 44.9 Å². The Bertz CT molecular complexity index is 390. The lowest BCUT2D eigenvalue weighted by molar-refractivity contribution is 0.410. The zero-order valence-corrected chi connectivity index (χ0v) is 12.3. The van der Waals surface area contributed by atoms with Crippen molar-refractivity contribution in [1.82, 2.24) is 0 Å². The van der Waals surface area contributed by atoms with Gasteiger partial charge in [-0.25, -0.2) is 0 Å². The summed E-state index contributed by atoms with van der Waals surface area (Å²) in [6.07, 6.45) is 1.05. The molecule has 0 aliphatic heterocycles. The average Bonchev–Trinajstić information content (AvgIpc) is 2.28. The molecule has 3 nitrogen and oxygen atoms in total. The molecule has 102 valence electrons. The van der Waals surface area contributed by atoms with Crippen LogP contribution in [0.4, 0.5) is 5.69 Å². The fraction of sp³-hybridized carbons (Fsp3) is 0.600. The van der Waals surface area contributed by atoms with Crippen LogP contribution in [0.15, 0.2) is 12.1 Å². The molecule has 1 rings (SSSR count). The molecule has 0 aromatic heterocycles. The molecule has 0 bridgehead atoms. The number of anilines is 1. The summed E-state index contributed by atoms with van der Waals surface area (Å²) in [6, 6.07) is 4.33. The van der Waals surface area contributed by atoms with Crippen LogP contribution in [0.3, 0.4) is 0 Å². The van der Waals surface area contributed by atoms with Gasteiger partial charge < -0.3 is 15.4 Å². The third kappa shape index (κ3) is 3.64. The van der Waals surface area contributed by atoms with Crippen molar-refractivity contribution in [3.63, 3.8) is 0 Å². The predicted octanol–water partition coefficient (Wildman–Crippen LogP) is 2.73. The molecule has 0 saturated heterocycles. The fourth-order valence-corrected chi connectivity index (χ4v) is 2.42. The van der Waals surface area contributed by atoms with Gasteiger partial charge in [-0.2, -0.15) is 0 Å². The molecule has 0 heterocycles. The molecular weight excluding hydrogens is 224 g/mol. The topological polar surface area (TPSA) is 38.5 Å². The lowest BCUT2D eigenvalue weighted by atomic mass is 10.1. The van der Waals surface area contributed by atoms with Crippen molar-refractivity contribution in [2.75, 3.05) is 32.1 Å². The molecule has 1 unspecified atom stereocenters. The molecule has 1 atom stereocenters. The molecule has 0 radical (unpaired) electrons. The first kappa shape index (κ1) is 14.8. The third-order valence-corrected chi connectivity index (χ3v) is 3.26. The van der Waals surface area contributed by atoms with Gasteiger partial charge in [-0.05, 0) is 49.9 Å². The Labute approximate surface area is 111 Å². The second-order valence-corrected chi connectivity index (χ2v) is 5.20. The van der Waals surface area contributed by atoms with Crippen LogP contribution in [-0.2, 0) is 0 Å². The Balaban J connectivity index is 2.93. The summed E-state index contributed by atoms with van der Waals surface area (Å²) in [5.74, 6) is 1.56. The zero-order valence-electron chi connectivity index (χ0n) is 12.3. The second-order valence-electron chi connectivity index (χ2n) is 5.20. The number of rotatable bonds is 6. The quantitative estimate of drug-likeness (QED) is 0.843. The molecule has 0 amide bonds. The van der Waals surface area contributed by atoms with E-state index in [1.54, 1.807) is 7.11 Å². The Morgan fingerprint density at radius 3 is 2.56 bits per heavy atom. The lowest BCUT2D eigenvalue weighted by Gasteiger charge is -2.26. The minimum absolute atomic E-state index is 0.588. The van der Waals surface area contributed by atoms with E-state index in [1.807, 2.05) is 0 Å². The van der Waals surface area contributed by atoms with Crippen molar-refractivity contribution in [3.05, 3.63) is 23.3 Å². The molecule has 3 heteroatoms. The van der Waals surface area contributed by atoms with Gasteiger partial charge in [-0.1, -0.05) is 13.0 Å². The summed E-state index contributed by atoms with van der Waals surface area (Å²) >= 11 is 0. The van der Waals surface area contributed by atoms with Crippen molar-refractivity contribution in [2.45, 2.75) is 27.2 Å². The number of ether oxygens (including phenoxy) is 1. The van der Waals surface area contributed by atoms with Gasteiger partial charge in [-0.15, -0.1) is 0 Å². The third-order valence-electron chi connectivity index (χ3n) is 3.26. The van der Waals surface area contributed by atoms with Gasteiger partial charge in [0.05, 0.1) is 12.8 Å². The van der Waals surface area contributed by atoms with E-state index in [9.17, 15) is 0 Å². The monoisotopic (exact) mass is 250 g/mol. The number of hydrogen-bond donors (Lipinski definition) is 1. The van der Waals surface area contributed by atoms with Gasteiger partial charge in [0, 0.05) is 13.6 Å². The highest BCUT2D eigenvalue weighted by Gasteiger charge is 2.13. The van der Waals surface area contributed by atoms with Crippen molar-refractivity contribution < 1.29 is 4.74 Å². The molecule has 0 fully saturated rings. The van der Waals surface area contributed by atoms with Gasteiger partial charge in [0.15, 0.2) is 0 Å². The van der Waals surface area contributed by atoms with E-state index < -0.39 is 0 Å². The van der Waals surface area contributed by atoms with Crippen LogP contribution >= 0.6 is 0 Å². The number of nitrogens with two attached hydrogens (primary N) is 1. The number of nitrogens with zero attached hydrogens (tertiary/aromatic N) is 1. The van der Waals surface area contributed by atoms with E-state index in [1.165, 1.54) is 16.8 Å². The van der Waals surface area contributed by atoms with Gasteiger partial charge in [0.1, 0.15) is 5.75 Å². The van der Waals surface area contributed by atoms with E-state index in [4.69, 9.17) is 10.5 Å². The van der Waals surface area contributed by atoms with E-state index in [-0.39, 0.29) is 0 Å². The highest BCUT2D eigenvalue weighted by atomic mass is 16.5. The summed E-state index contributed by atoms with van der Waals surface area (Å²) in [5.41, 5.74) is 9.22. The second kappa shape index (κ2) is 6.64. The van der Waals surface area contributed by atoms with E-state index >= 15 is 0 Å². The normalized spacial score (nSPS) is 12.3. The summed E-state index contributed by atoms with van der Waals surface area (Å²) in [4.78, 5) is 2.26. The number of hydrogen-bond acceptors (Lipinski definition) is 3. The van der Waals surface area contributed by atoms with E-state index in [0.29, 0.717) is 5.92 Å². The fourth-order valence-electron chi connectivity index (χ4n) is 2.42. The average molecular weight is 250 g/mol. The van der Waals surface area contributed by atoms with Gasteiger partial charge in [0.25, 0.3) is 0 Å². The van der Waals surface area contributed by atoms with Gasteiger partial charge in [-0.3, -0.25) is 0 Å². The first-order valence-electron chi connectivity index (χ1n) is 6.56. The molecule has 0 saturated carbocycles.